The standard InChI is InChI=1S/C12H15ClFN3/c13-9-5-10(14)12(15-6-9)16-11-7-17-3-1-8(11)2-4-17/h5-6,8,11H,1-4,7H2,(H,15,16). The molecule has 0 amide bonds. The van der Waals surface area contributed by atoms with Gasteiger partial charge in [-0.2, -0.15) is 0 Å². The molecule has 3 saturated heterocycles. The summed E-state index contributed by atoms with van der Waals surface area (Å²) in [5, 5.41) is 3.56. The van der Waals surface area contributed by atoms with Crippen molar-refractivity contribution in [2.75, 3.05) is 25.0 Å². The number of pyridine rings is 1. The molecule has 92 valence electrons. The maximum absolute atomic E-state index is 13.6. The number of anilines is 1. The van der Waals surface area contributed by atoms with Gasteiger partial charge in [-0.1, -0.05) is 11.6 Å². The van der Waals surface area contributed by atoms with E-state index in [4.69, 9.17) is 11.6 Å². The van der Waals surface area contributed by atoms with Gasteiger partial charge in [0.05, 0.1) is 5.02 Å². The number of fused-ring (bicyclic) bond motifs is 3. The van der Waals surface area contributed by atoms with Crippen molar-refractivity contribution in [1.82, 2.24) is 9.88 Å². The first-order valence-corrected chi connectivity index (χ1v) is 6.40. The Morgan fingerprint density at radius 3 is 2.76 bits per heavy atom. The Kier molecular flexibility index (Phi) is 2.92. The van der Waals surface area contributed by atoms with Crippen LogP contribution in [0.3, 0.4) is 0 Å². The van der Waals surface area contributed by atoms with Crippen LogP contribution in [0.25, 0.3) is 0 Å². The summed E-state index contributed by atoms with van der Waals surface area (Å²) in [7, 11) is 0. The Morgan fingerprint density at radius 1 is 1.41 bits per heavy atom. The number of rotatable bonds is 2. The molecule has 4 heterocycles. The van der Waals surface area contributed by atoms with Crippen molar-refractivity contribution >= 4 is 17.4 Å². The summed E-state index contributed by atoms with van der Waals surface area (Å²) in [5.74, 6) is 0.610. The fraction of sp³-hybridized carbons (Fsp3) is 0.583. The third-order valence-electron chi connectivity index (χ3n) is 3.79. The number of halogens is 2. The van der Waals surface area contributed by atoms with Crippen LogP contribution in [-0.2, 0) is 0 Å². The van der Waals surface area contributed by atoms with Crippen molar-refractivity contribution < 1.29 is 4.39 Å². The van der Waals surface area contributed by atoms with Gasteiger partial charge in [0, 0.05) is 18.8 Å². The molecule has 3 fully saturated rings. The number of hydrogen-bond donors (Lipinski definition) is 1. The highest BCUT2D eigenvalue weighted by atomic mass is 35.5. The highest BCUT2D eigenvalue weighted by Gasteiger charge is 2.34. The maximum atomic E-state index is 13.6. The topological polar surface area (TPSA) is 28.2 Å². The van der Waals surface area contributed by atoms with Gasteiger partial charge < -0.3 is 10.2 Å². The van der Waals surface area contributed by atoms with Gasteiger partial charge in [0.2, 0.25) is 0 Å². The van der Waals surface area contributed by atoms with E-state index >= 15 is 0 Å². The van der Waals surface area contributed by atoms with E-state index in [2.05, 4.69) is 15.2 Å². The predicted molar refractivity (Wildman–Crippen MR) is 65.8 cm³/mol. The first kappa shape index (κ1) is 11.2. The van der Waals surface area contributed by atoms with Crippen molar-refractivity contribution in [3.63, 3.8) is 0 Å². The van der Waals surface area contributed by atoms with E-state index in [0.717, 1.165) is 6.54 Å². The normalized spacial score (nSPS) is 31.5. The molecule has 2 bridgehead atoms. The second kappa shape index (κ2) is 4.42. The van der Waals surface area contributed by atoms with Crippen LogP contribution in [-0.4, -0.2) is 35.6 Å². The Morgan fingerprint density at radius 2 is 2.18 bits per heavy atom. The minimum atomic E-state index is -0.367. The van der Waals surface area contributed by atoms with Crippen LogP contribution in [0.2, 0.25) is 5.02 Å². The molecule has 3 aliphatic heterocycles. The van der Waals surface area contributed by atoms with Gasteiger partial charge in [-0.25, -0.2) is 9.37 Å². The van der Waals surface area contributed by atoms with E-state index in [1.54, 1.807) is 0 Å². The van der Waals surface area contributed by atoms with Crippen molar-refractivity contribution in [3.05, 3.63) is 23.1 Å². The summed E-state index contributed by atoms with van der Waals surface area (Å²) in [6.07, 6.45) is 3.88. The van der Waals surface area contributed by atoms with Gasteiger partial charge in [0.1, 0.15) is 0 Å². The van der Waals surface area contributed by atoms with E-state index < -0.39 is 0 Å². The largest absolute Gasteiger partial charge is 0.363 e. The van der Waals surface area contributed by atoms with Crippen LogP contribution in [0.15, 0.2) is 12.3 Å². The number of piperidine rings is 3. The zero-order valence-electron chi connectivity index (χ0n) is 9.50. The highest BCUT2D eigenvalue weighted by Crippen LogP contribution is 2.30. The number of nitrogens with one attached hydrogen (secondary N) is 1. The van der Waals surface area contributed by atoms with Crippen LogP contribution in [0.1, 0.15) is 12.8 Å². The molecule has 3 nitrogen and oxygen atoms in total. The summed E-state index contributed by atoms with van der Waals surface area (Å²) in [6, 6.07) is 1.62. The molecule has 0 aliphatic carbocycles. The zero-order chi connectivity index (χ0) is 11.8. The summed E-state index contributed by atoms with van der Waals surface area (Å²) in [4.78, 5) is 6.44. The molecule has 0 saturated carbocycles. The van der Waals surface area contributed by atoms with Crippen LogP contribution in [0.5, 0.6) is 0 Å². The zero-order valence-corrected chi connectivity index (χ0v) is 10.3. The summed E-state index contributed by atoms with van der Waals surface area (Å²) in [5.41, 5.74) is 0. The molecule has 0 aromatic carbocycles. The predicted octanol–water partition coefficient (Wildman–Crippen LogP) is 2.38. The van der Waals surface area contributed by atoms with Crippen LogP contribution < -0.4 is 5.32 Å². The summed E-state index contributed by atoms with van der Waals surface area (Å²) >= 11 is 5.68. The molecule has 0 spiro atoms. The Labute approximate surface area is 105 Å². The van der Waals surface area contributed by atoms with Crippen LogP contribution in [0, 0.1) is 11.7 Å². The summed E-state index contributed by atoms with van der Waals surface area (Å²) < 4.78 is 13.6. The molecule has 5 heteroatoms. The molecule has 17 heavy (non-hydrogen) atoms. The highest BCUT2D eigenvalue weighted by molar-refractivity contribution is 6.30. The lowest BCUT2D eigenvalue weighted by molar-refractivity contribution is 0.0972. The first-order valence-electron chi connectivity index (χ1n) is 6.02. The Balaban J connectivity index is 1.74. The Hall–Kier alpha value is -0.870. The number of hydrogen-bond acceptors (Lipinski definition) is 3. The van der Waals surface area contributed by atoms with E-state index in [1.807, 2.05) is 0 Å². The van der Waals surface area contributed by atoms with Crippen LogP contribution in [0.4, 0.5) is 10.2 Å². The molecule has 0 radical (unpaired) electrons. The van der Waals surface area contributed by atoms with E-state index in [9.17, 15) is 4.39 Å². The van der Waals surface area contributed by atoms with E-state index in [0.29, 0.717) is 22.8 Å². The first-order chi connectivity index (χ1) is 8.22. The second-order valence-electron chi connectivity index (χ2n) is 4.87. The van der Waals surface area contributed by atoms with Crippen molar-refractivity contribution in [2.45, 2.75) is 18.9 Å². The maximum Gasteiger partial charge on any atom is 0.166 e. The molecule has 1 aromatic rings. The van der Waals surface area contributed by atoms with Gasteiger partial charge in [-0.3, -0.25) is 0 Å². The van der Waals surface area contributed by atoms with Crippen molar-refractivity contribution in [1.29, 1.82) is 0 Å². The molecular weight excluding hydrogens is 241 g/mol. The molecule has 3 aliphatic rings. The van der Waals surface area contributed by atoms with E-state index in [1.165, 1.54) is 38.2 Å². The second-order valence-corrected chi connectivity index (χ2v) is 5.31. The average molecular weight is 256 g/mol. The minimum Gasteiger partial charge on any atom is -0.363 e. The van der Waals surface area contributed by atoms with Gasteiger partial charge in [0.25, 0.3) is 0 Å². The monoisotopic (exact) mass is 255 g/mol. The quantitative estimate of drug-likeness (QED) is 0.880. The third kappa shape index (κ3) is 2.24. The molecule has 1 aromatic heterocycles. The minimum absolute atomic E-state index is 0.320. The molecule has 1 unspecified atom stereocenters. The lowest BCUT2D eigenvalue weighted by Crippen LogP contribution is -2.53. The van der Waals surface area contributed by atoms with Crippen LogP contribution >= 0.6 is 11.6 Å². The van der Waals surface area contributed by atoms with Crippen molar-refractivity contribution in [3.8, 4) is 0 Å². The van der Waals surface area contributed by atoms with Gasteiger partial charge >= 0.3 is 0 Å². The molecule has 1 N–H and O–H groups in total. The fourth-order valence-electron chi connectivity index (χ4n) is 2.83. The Bertz CT molecular complexity index is 418. The fourth-order valence-corrected chi connectivity index (χ4v) is 2.97. The number of nitrogens with zero attached hydrogens (tertiary/aromatic N) is 2. The number of aromatic nitrogens is 1. The molecule has 1 atom stereocenters. The van der Waals surface area contributed by atoms with Gasteiger partial charge in [-0.05, 0) is 37.9 Å². The molecular formula is C12H15ClFN3. The lowest BCUT2D eigenvalue weighted by atomic mass is 9.84. The SMILES string of the molecule is Fc1cc(Cl)cnc1NC1CN2CCC1CC2. The van der Waals surface area contributed by atoms with Gasteiger partial charge in [-0.15, -0.1) is 0 Å². The summed E-state index contributed by atoms with van der Waals surface area (Å²) in [6.45, 7) is 3.35. The van der Waals surface area contributed by atoms with Gasteiger partial charge in [0.15, 0.2) is 11.6 Å². The lowest BCUT2D eigenvalue weighted by Gasteiger charge is -2.45. The molecule has 4 rings (SSSR count). The van der Waals surface area contributed by atoms with Crippen molar-refractivity contribution in [2.24, 2.45) is 5.92 Å². The average Bonchev–Trinajstić information content (AvgIpc) is 2.34. The third-order valence-corrected chi connectivity index (χ3v) is 3.99. The smallest absolute Gasteiger partial charge is 0.166 e. The van der Waals surface area contributed by atoms with E-state index in [-0.39, 0.29) is 5.82 Å².